The van der Waals surface area contributed by atoms with Crippen molar-refractivity contribution in [2.75, 3.05) is 6.61 Å². The van der Waals surface area contributed by atoms with Gasteiger partial charge in [0, 0.05) is 5.92 Å². The number of fused-ring (bicyclic) bond motifs is 3. The third-order valence-corrected chi connectivity index (χ3v) is 6.07. The number of rotatable bonds is 10. The van der Waals surface area contributed by atoms with Crippen LogP contribution in [0.3, 0.4) is 0 Å². The normalized spacial score (nSPS) is 14.4. The van der Waals surface area contributed by atoms with Gasteiger partial charge in [-0.3, -0.25) is 4.79 Å². The molecular weight excluding hydrogens is 431 g/mol. The molecule has 3 rings (SSSR count). The minimum Gasteiger partial charge on any atom is -0.449 e. The summed E-state index contributed by atoms with van der Waals surface area (Å²) in [6, 6.07) is 15.3. The van der Waals surface area contributed by atoms with E-state index in [2.05, 4.69) is 22.8 Å². The minimum atomic E-state index is -1.68. The van der Waals surface area contributed by atoms with Crippen molar-refractivity contribution in [1.82, 2.24) is 10.6 Å². The van der Waals surface area contributed by atoms with Gasteiger partial charge < -0.3 is 25.4 Å². The van der Waals surface area contributed by atoms with Gasteiger partial charge in [-0.15, -0.1) is 0 Å². The lowest BCUT2D eigenvalue weighted by molar-refractivity contribution is -0.124. The lowest BCUT2D eigenvalue weighted by Gasteiger charge is -2.25. The van der Waals surface area contributed by atoms with E-state index in [4.69, 9.17) is 4.74 Å². The van der Waals surface area contributed by atoms with Crippen molar-refractivity contribution < 1.29 is 24.4 Å². The molecule has 0 unspecified atom stereocenters. The Morgan fingerprint density at radius 3 is 1.91 bits per heavy atom. The molecule has 182 valence electrons. The van der Waals surface area contributed by atoms with Crippen LogP contribution in [0.4, 0.5) is 4.79 Å². The van der Waals surface area contributed by atoms with Crippen LogP contribution < -0.4 is 10.6 Å². The number of alkyl carbamates (subject to hydrolysis) is 1. The second-order valence-electron chi connectivity index (χ2n) is 9.81. The Balaban J connectivity index is 1.66. The first kappa shape index (κ1) is 25.8. The van der Waals surface area contributed by atoms with Crippen molar-refractivity contribution in [3.8, 4) is 11.1 Å². The number of hydrogen-bond acceptors (Lipinski definition) is 5. The molecule has 0 radical (unpaired) electrons. The fourth-order valence-corrected chi connectivity index (χ4v) is 4.53. The van der Waals surface area contributed by atoms with Gasteiger partial charge in [0.05, 0.1) is 5.94 Å². The van der Waals surface area contributed by atoms with E-state index in [0.29, 0.717) is 12.8 Å². The number of benzene rings is 2. The van der Waals surface area contributed by atoms with E-state index in [0.717, 1.165) is 22.3 Å². The summed E-state index contributed by atoms with van der Waals surface area (Å²) >= 11 is 0. The van der Waals surface area contributed by atoms with Crippen LogP contribution in [0.1, 0.15) is 57.6 Å². The molecule has 0 spiro atoms. The van der Waals surface area contributed by atoms with Crippen LogP contribution in [0.15, 0.2) is 48.5 Å². The monoisotopic (exact) mass is 466 g/mol. The van der Waals surface area contributed by atoms with Crippen molar-refractivity contribution in [3.05, 3.63) is 59.7 Å². The molecule has 0 saturated carbocycles. The van der Waals surface area contributed by atoms with Crippen molar-refractivity contribution in [2.45, 2.75) is 58.4 Å². The molecule has 34 heavy (non-hydrogen) atoms. The molecule has 0 aromatic heterocycles. The Kier molecular flexibility index (Phi) is 8.75. The summed E-state index contributed by atoms with van der Waals surface area (Å²) in [5, 5.41) is 24.7. The van der Waals surface area contributed by atoms with Gasteiger partial charge in [-0.2, -0.15) is 0 Å². The summed E-state index contributed by atoms with van der Waals surface area (Å²) in [7, 11) is -1.68. The van der Waals surface area contributed by atoms with Gasteiger partial charge in [0.2, 0.25) is 5.91 Å². The molecule has 2 aromatic carbocycles. The first-order valence-electron chi connectivity index (χ1n) is 11.9. The molecule has 0 saturated heterocycles. The average Bonchev–Trinajstić information content (AvgIpc) is 3.10. The number of ether oxygens (including phenoxy) is 1. The predicted octanol–water partition coefficient (Wildman–Crippen LogP) is 3.48. The molecular formula is C26H35BN2O5. The fraction of sp³-hybridized carbons (Fsp3) is 0.462. The van der Waals surface area contributed by atoms with Crippen LogP contribution in [0.25, 0.3) is 11.1 Å². The van der Waals surface area contributed by atoms with E-state index in [1.54, 1.807) is 0 Å². The molecule has 0 fully saturated rings. The Bertz CT molecular complexity index is 949. The Labute approximate surface area is 202 Å². The van der Waals surface area contributed by atoms with Gasteiger partial charge in [-0.05, 0) is 46.9 Å². The second kappa shape index (κ2) is 11.5. The second-order valence-corrected chi connectivity index (χ2v) is 9.81. The predicted molar refractivity (Wildman–Crippen MR) is 133 cm³/mol. The topological polar surface area (TPSA) is 108 Å². The minimum absolute atomic E-state index is 0.0736. The van der Waals surface area contributed by atoms with Gasteiger partial charge in [0.25, 0.3) is 0 Å². The molecule has 7 nitrogen and oxygen atoms in total. The summed E-state index contributed by atoms with van der Waals surface area (Å²) in [5.74, 6) is -1.05. The first-order valence-corrected chi connectivity index (χ1v) is 11.9. The lowest BCUT2D eigenvalue weighted by atomic mass is 9.75. The Morgan fingerprint density at radius 1 is 0.882 bits per heavy atom. The zero-order valence-electron chi connectivity index (χ0n) is 20.3. The third kappa shape index (κ3) is 6.39. The standard InChI is InChI=1S/C26H35BN2O5/c1-16(2)13-23(25(30)29-24(27(32)33)14-17(3)4)28-26(31)34-15-22-20-11-7-5-9-18(20)19-10-6-8-12-21(19)22/h5-12,16-17,22-24,32-33H,13-15H2,1-4H3,(H,28,31)(H,29,30)/t23-,24-/m0/s1. The number of carbonyl (C=O) groups is 2. The molecule has 0 heterocycles. The van der Waals surface area contributed by atoms with Crippen LogP contribution in [-0.4, -0.2) is 47.8 Å². The summed E-state index contributed by atoms with van der Waals surface area (Å²) in [5.41, 5.74) is 4.51. The maximum atomic E-state index is 12.9. The first-order chi connectivity index (χ1) is 16.2. The van der Waals surface area contributed by atoms with Gasteiger partial charge in [0.15, 0.2) is 0 Å². The number of carbonyl (C=O) groups excluding carboxylic acids is 2. The third-order valence-electron chi connectivity index (χ3n) is 6.07. The van der Waals surface area contributed by atoms with Crippen LogP contribution >= 0.6 is 0 Å². The van der Waals surface area contributed by atoms with Gasteiger partial charge in [0.1, 0.15) is 12.6 Å². The summed E-state index contributed by atoms with van der Waals surface area (Å²) < 4.78 is 5.59. The smallest absolute Gasteiger partial charge is 0.449 e. The van der Waals surface area contributed by atoms with E-state index in [1.807, 2.05) is 64.1 Å². The largest absolute Gasteiger partial charge is 0.475 e. The molecule has 8 heteroatoms. The molecule has 0 bridgehead atoms. The average molecular weight is 466 g/mol. The van der Waals surface area contributed by atoms with Crippen LogP contribution in [0, 0.1) is 11.8 Å². The number of hydrogen-bond donors (Lipinski definition) is 4. The molecule has 4 N–H and O–H groups in total. The maximum absolute atomic E-state index is 12.9. The molecule has 0 aliphatic heterocycles. The van der Waals surface area contributed by atoms with Crippen molar-refractivity contribution in [2.24, 2.45) is 11.8 Å². The van der Waals surface area contributed by atoms with Gasteiger partial charge in [-0.1, -0.05) is 76.2 Å². The van der Waals surface area contributed by atoms with Crippen molar-refractivity contribution in [3.63, 3.8) is 0 Å². The van der Waals surface area contributed by atoms with E-state index < -0.39 is 31.1 Å². The highest BCUT2D eigenvalue weighted by atomic mass is 16.5. The van der Waals surface area contributed by atoms with Gasteiger partial charge >= 0.3 is 13.2 Å². The zero-order chi connectivity index (χ0) is 24.8. The maximum Gasteiger partial charge on any atom is 0.475 e. The van der Waals surface area contributed by atoms with Crippen molar-refractivity contribution >= 4 is 19.1 Å². The summed E-state index contributed by atoms with van der Waals surface area (Å²) in [6.07, 6.45) is 0.127. The van der Waals surface area contributed by atoms with Crippen LogP contribution in [0.2, 0.25) is 0 Å². The quantitative estimate of drug-likeness (QED) is 0.401. The zero-order valence-corrected chi connectivity index (χ0v) is 20.3. The van der Waals surface area contributed by atoms with E-state index in [-0.39, 0.29) is 24.4 Å². The molecule has 2 aromatic rings. The molecule has 2 amide bonds. The highest BCUT2D eigenvalue weighted by Crippen LogP contribution is 2.44. The number of nitrogens with one attached hydrogen (secondary N) is 2. The van der Waals surface area contributed by atoms with Crippen molar-refractivity contribution in [1.29, 1.82) is 0 Å². The van der Waals surface area contributed by atoms with Crippen LogP contribution in [0.5, 0.6) is 0 Å². The lowest BCUT2D eigenvalue weighted by Crippen LogP contribution is -2.54. The summed E-state index contributed by atoms with van der Waals surface area (Å²) in [6.45, 7) is 7.92. The van der Waals surface area contributed by atoms with E-state index >= 15 is 0 Å². The van der Waals surface area contributed by atoms with E-state index in [1.165, 1.54) is 0 Å². The van der Waals surface area contributed by atoms with Gasteiger partial charge in [-0.25, -0.2) is 4.79 Å². The fourth-order valence-electron chi connectivity index (χ4n) is 4.53. The Hall–Kier alpha value is -2.84. The summed E-state index contributed by atoms with van der Waals surface area (Å²) in [4.78, 5) is 25.6. The highest BCUT2D eigenvalue weighted by molar-refractivity contribution is 6.43. The molecule has 2 atom stereocenters. The SMILES string of the molecule is CC(C)C[C@H](NC(=O)[C@H](CC(C)C)NC(=O)OCC1c2ccccc2-c2ccccc21)B(O)O. The molecule has 1 aliphatic rings. The Morgan fingerprint density at radius 2 is 1.41 bits per heavy atom. The highest BCUT2D eigenvalue weighted by Gasteiger charge is 2.32. The number of amides is 2. The van der Waals surface area contributed by atoms with Crippen LogP contribution in [-0.2, 0) is 9.53 Å². The molecule has 1 aliphatic carbocycles. The van der Waals surface area contributed by atoms with E-state index in [9.17, 15) is 19.6 Å².